The van der Waals surface area contributed by atoms with E-state index in [2.05, 4.69) is 0 Å². The quantitative estimate of drug-likeness (QED) is 0.909. The fourth-order valence-corrected chi connectivity index (χ4v) is 1.87. The minimum absolute atomic E-state index is 0.0349. The Morgan fingerprint density at radius 1 is 1.10 bits per heavy atom. The van der Waals surface area contributed by atoms with Gasteiger partial charge in [-0.3, -0.25) is 0 Å². The summed E-state index contributed by atoms with van der Waals surface area (Å²) in [6, 6.07) is 11.9. The predicted octanol–water partition coefficient (Wildman–Crippen LogP) is 4.34. The largest absolute Gasteiger partial charge is 0.489 e. The Morgan fingerprint density at radius 3 is 2.48 bits per heavy atom. The zero-order chi connectivity index (χ0) is 15.5. The first-order valence-corrected chi connectivity index (χ1v) is 6.43. The van der Waals surface area contributed by atoms with Gasteiger partial charge in [-0.25, -0.2) is 0 Å². The van der Waals surface area contributed by atoms with Crippen molar-refractivity contribution < 1.29 is 23.0 Å². The Bertz CT molecular complexity index is 606. The Hall–Kier alpha value is -2.01. The van der Waals surface area contributed by atoms with Gasteiger partial charge in [-0.15, -0.1) is 0 Å². The predicted molar refractivity (Wildman–Crippen MR) is 72.9 cm³/mol. The van der Waals surface area contributed by atoms with Crippen molar-refractivity contribution in [3.05, 3.63) is 65.2 Å². The molecule has 2 nitrogen and oxygen atoms in total. The Balaban J connectivity index is 2.08. The van der Waals surface area contributed by atoms with E-state index in [0.717, 1.165) is 12.1 Å². The van der Waals surface area contributed by atoms with Crippen LogP contribution in [0.4, 0.5) is 13.2 Å². The lowest BCUT2D eigenvalue weighted by Gasteiger charge is -2.11. The van der Waals surface area contributed by atoms with Gasteiger partial charge in [0.05, 0.1) is 11.7 Å². The summed E-state index contributed by atoms with van der Waals surface area (Å²) in [5.74, 6) is 0.505. The maximum absolute atomic E-state index is 12.6. The molecule has 0 aliphatic rings. The number of hydrogen-bond acceptors (Lipinski definition) is 2. The molecule has 112 valence electrons. The molecule has 21 heavy (non-hydrogen) atoms. The van der Waals surface area contributed by atoms with Crippen molar-refractivity contribution in [1.82, 2.24) is 0 Å². The first kappa shape index (κ1) is 15.4. The summed E-state index contributed by atoms with van der Waals surface area (Å²) in [6.45, 7) is 1.67. The van der Waals surface area contributed by atoms with Crippen LogP contribution in [-0.4, -0.2) is 5.11 Å². The SMILES string of the molecule is C[C@H](O)c1cccc(OCc2cccc(C(F)(F)F)c2)c1. The number of rotatable bonds is 4. The van der Waals surface area contributed by atoms with E-state index in [1.807, 2.05) is 0 Å². The second-order valence-electron chi connectivity index (χ2n) is 4.74. The molecule has 1 N–H and O–H groups in total. The van der Waals surface area contributed by atoms with Gasteiger partial charge < -0.3 is 9.84 Å². The summed E-state index contributed by atoms with van der Waals surface area (Å²) in [4.78, 5) is 0. The first-order chi connectivity index (χ1) is 9.86. The van der Waals surface area contributed by atoms with Gasteiger partial charge in [-0.2, -0.15) is 13.2 Å². The summed E-state index contributed by atoms with van der Waals surface area (Å²) in [5, 5.41) is 9.48. The molecule has 0 aromatic heterocycles. The molecule has 0 saturated heterocycles. The molecule has 2 rings (SSSR count). The lowest BCUT2D eigenvalue weighted by Crippen LogP contribution is -2.06. The summed E-state index contributed by atoms with van der Waals surface area (Å²) in [7, 11) is 0. The van der Waals surface area contributed by atoms with Gasteiger partial charge in [-0.05, 0) is 42.3 Å². The third kappa shape index (κ3) is 4.23. The summed E-state index contributed by atoms with van der Waals surface area (Å²) < 4.78 is 43.3. The molecule has 0 bridgehead atoms. The van der Waals surface area contributed by atoms with Gasteiger partial charge >= 0.3 is 6.18 Å². The molecular formula is C16H15F3O2. The molecule has 0 amide bonds. The number of aliphatic hydroxyl groups is 1. The highest BCUT2D eigenvalue weighted by Crippen LogP contribution is 2.29. The standard InChI is InChI=1S/C16H15F3O2/c1-11(20)13-5-3-7-15(9-13)21-10-12-4-2-6-14(8-12)16(17,18)19/h2-9,11,20H,10H2,1H3/t11-/m0/s1. The van der Waals surface area contributed by atoms with E-state index in [-0.39, 0.29) is 6.61 Å². The monoisotopic (exact) mass is 296 g/mol. The van der Waals surface area contributed by atoms with E-state index in [9.17, 15) is 18.3 Å². The van der Waals surface area contributed by atoms with E-state index >= 15 is 0 Å². The van der Waals surface area contributed by atoms with Gasteiger partial charge in [0.2, 0.25) is 0 Å². The minimum atomic E-state index is -4.36. The second-order valence-corrected chi connectivity index (χ2v) is 4.74. The highest BCUT2D eigenvalue weighted by molar-refractivity contribution is 5.30. The zero-order valence-electron chi connectivity index (χ0n) is 11.4. The number of alkyl halides is 3. The number of benzene rings is 2. The third-order valence-electron chi connectivity index (χ3n) is 3.00. The third-order valence-corrected chi connectivity index (χ3v) is 3.00. The maximum Gasteiger partial charge on any atom is 0.416 e. The molecule has 0 heterocycles. The van der Waals surface area contributed by atoms with Crippen LogP contribution < -0.4 is 4.74 Å². The molecule has 0 unspecified atom stereocenters. The summed E-state index contributed by atoms with van der Waals surface area (Å²) in [5.41, 5.74) is 0.435. The lowest BCUT2D eigenvalue weighted by molar-refractivity contribution is -0.137. The average Bonchev–Trinajstić information content (AvgIpc) is 2.45. The molecule has 5 heteroatoms. The molecular weight excluding hydrogens is 281 g/mol. The van der Waals surface area contributed by atoms with Crippen LogP contribution in [0.5, 0.6) is 5.75 Å². The number of hydrogen-bond donors (Lipinski definition) is 1. The van der Waals surface area contributed by atoms with Crippen LogP contribution >= 0.6 is 0 Å². The second kappa shape index (κ2) is 6.18. The van der Waals surface area contributed by atoms with Crippen molar-refractivity contribution in [3.63, 3.8) is 0 Å². The number of ether oxygens (including phenoxy) is 1. The van der Waals surface area contributed by atoms with Crippen molar-refractivity contribution >= 4 is 0 Å². The maximum atomic E-state index is 12.6. The molecule has 0 aliphatic carbocycles. The van der Waals surface area contributed by atoms with Crippen molar-refractivity contribution in [2.75, 3.05) is 0 Å². The van der Waals surface area contributed by atoms with Crippen LogP contribution in [-0.2, 0) is 12.8 Å². The molecule has 0 fully saturated rings. The minimum Gasteiger partial charge on any atom is -0.489 e. The smallest absolute Gasteiger partial charge is 0.416 e. The number of aliphatic hydroxyl groups excluding tert-OH is 1. The average molecular weight is 296 g/mol. The fraction of sp³-hybridized carbons (Fsp3) is 0.250. The normalized spacial score (nSPS) is 13.0. The lowest BCUT2D eigenvalue weighted by atomic mass is 10.1. The van der Waals surface area contributed by atoms with Crippen molar-refractivity contribution in [3.8, 4) is 5.75 Å². The van der Waals surface area contributed by atoms with Gasteiger partial charge in [0, 0.05) is 0 Å². The molecule has 1 atom stereocenters. The topological polar surface area (TPSA) is 29.5 Å². The molecule has 0 spiro atoms. The highest BCUT2D eigenvalue weighted by Gasteiger charge is 2.30. The van der Waals surface area contributed by atoms with Gasteiger partial charge in [0.15, 0.2) is 0 Å². The van der Waals surface area contributed by atoms with Crippen molar-refractivity contribution in [2.45, 2.75) is 25.8 Å². The van der Waals surface area contributed by atoms with Gasteiger partial charge in [0.25, 0.3) is 0 Å². The zero-order valence-corrected chi connectivity index (χ0v) is 11.4. The van der Waals surface area contributed by atoms with Crippen LogP contribution in [0.3, 0.4) is 0 Å². The van der Waals surface area contributed by atoms with Crippen molar-refractivity contribution in [2.24, 2.45) is 0 Å². The van der Waals surface area contributed by atoms with Crippen LogP contribution in [0.1, 0.15) is 29.7 Å². The van der Waals surface area contributed by atoms with E-state index in [1.54, 1.807) is 37.3 Å². The summed E-state index contributed by atoms with van der Waals surface area (Å²) in [6.07, 6.45) is -4.98. The van der Waals surface area contributed by atoms with E-state index < -0.39 is 17.8 Å². The fourth-order valence-electron chi connectivity index (χ4n) is 1.87. The molecule has 0 aliphatic heterocycles. The highest BCUT2D eigenvalue weighted by atomic mass is 19.4. The molecule has 2 aromatic carbocycles. The van der Waals surface area contributed by atoms with Gasteiger partial charge in [-0.1, -0.05) is 24.3 Å². The Morgan fingerprint density at radius 2 is 1.81 bits per heavy atom. The molecule has 0 radical (unpaired) electrons. The van der Waals surface area contributed by atoms with Crippen LogP contribution in [0.25, 0.3) is 0 Å². The van der Waals surface area contributed by atoms with Crippen LogP contribution in [0, 0.1) is 0 Å². The van der Waals surface area contributed by atoms with Crippen LogP contribution in [0.15, 0.2) is 48.5 Å². The van der Waals surface area contributed by atoms with E-state index in [0.29, 0.717) is 16.9 Å². The Labute approximate surface area is 120 Å². The van der Waals surface area contributed by atoms with E-state index in [4.69, 9.17) is 4.74 Å². The molecule has 0 saturated carbocycles. The Kier molecular flexibility index (Phi) is 4.53. The van der Waals surface area contributed by atoms with Gasteiger partial charge in [0.1, 0.15) is 12.4 Å². The first-order valence-electron chi connectivity index (χ1n) is 6.43. The number of halogens is 3. The summed E-state index contributed by atoms with van der Waals surface area (Å²) >= 11 is 0. The van der Waals surface area contributed by atoms with E-state index in [1.165, 1.54) is 6.07 Å². The van der Waals surface area contributed by atoms with Crippen LogP contribution in [0.2, 0.25) is 0 Å². The molecule has 2 aromatic rings. The van der Waals surface area contributed by atoms with Crippen molar-refractivity contribution in [1.29, 1.82) is 0 Å².